The number of rotatable bonds is 5. The van der Waals surface area contributed by atoms with Crippen molar-refractivity contribution in [2.24, 2.45) is 5.41 Å². The third-order valence-corrected chi connectivity index (χ3v) is 2.90. The van der Waals surface area contributed by atoms with Crippen LogP contribution in [0.2, 0.25) is 0 Å². The van der Waals surface area contributed by atoms with Crippen LogP contribution in [-0.2, 0) is 16.0 Å². The second-order valence-electron chi connectivity index (χ2n) is 5.69. The van der Waals surface area contributed by atoms with E-state index in [1.54, 1.807) is 20.8 Å². The number of carbonyl (C=O) groups excluding carboxylic acids is 1. The maximum absolute atomic E-state index is 11.8. The van der Waals surface area contributed by atoms with E-state index in [2.05, 4.69) is 5.32 Å². The van der Waals surface area contributed by atoms with Crippen LogP contribution in [0.5, 0.6) is 0 Å². The summed E-state index contributed by atoms with van der Waals surface area (Å²) < 4.78 is 0. The van der Waals surface area contributed by atoms with Gasteiger partial charge in [0.25, 0.3) is 0 Å². The quantitative estimate of drug-likeness (QED) is 0.856. The summed E-state index contributed by atoms with van der Waals surface area (Å²) in [6, 6.07) is 8.79. The van der Waals surface area contributed by atoms with Crippen LogP contribution in [0.1, 0.15) is 32.8 Å². The molecule has 0 unspecified atom stereocenters. The SMILES string of the molecule is CC(C)(C)[C@H](NC(=O)CCc1ccccc1)C(=O)O. The van der Waals surface area contributed by atoms with Crippen LogP contribution in [0, 0.1) is 5.41 Å². The third-order valence-electron chi connectivity index (χ3n) is 2.90. The minimum Gasteiger partial charge on any atom is -0.480 e. The maximum Gasteiger partial charge on any atom is 0.326 e. The average molecular weight is 263 g/mol. The number of amides is 1. The van der Waals surface area contributed by atoms with E-state index in [9.17, 15) is 9.59 Å². The van der Waals surface area contributed by atoms with Crippen molar-refractivity contribution in [1.29, 1.82) is 0 Å². The van der Waals surface area contributed by atoms with Crippen molar-refractivity contribution < 1.29 is 14.7 Å². The van der Waals surface area contributed by atoms with Gasteiger partial charge in [-0.25, -0.2) is 4.79 Å². The Bertz CT molecular complexity index is 434. The summed E-state index contributed by atoms with van der Waals surface area (Å²) in [5.41, 5.74) is 0.564. The number of benzene rings is 1. The average Bonchev–Trinajstić information content (AvgIpc) is 2.33. The van der Waals surface area contributed by atoms with Gasteiger partial charge in [0, 0.05) is 6.42 Å². The molecule has 0 radical (unpaired) electrons. The predicted molar refractivity (Wildman–Crippen MR) is 73.8 cm³/mol. The molecule has 0 heterocycles. The fraction of sp³-hybridized carbons (Fsp3) is 0.467. The minimum absolute atomic E-state index is 0.230. The molecule has 0 bridgehead atoms. The molecule has 1 atom stereocenters. The van der Waals surface area contributed by atoms with Gasteiger partial charge in [-0.1, -0.05) is 51.1 Å². The zero-order valence-electron chi connectivity index (χ0n) is 11.6. The fourth-order valence-electron chi connectivity index (χ4n) is 1.78. The van der Waals surface area contributed by atoms with Crippen molar-refractivity contribution in [2.75, 3.05) is 0 Å². The van der Waals surface area contributed by atoms with E-state index >= 15 is 0 Å². The first kappa shape index (κ1) is 15.2. The third kappa shape index (κ3) is 5.12. The van der Waals surface area contributed by atoms with Crippen LogP contribution < -0.4 is 5.32 Å². The first-order valence-corrected chi connectivity index (χ1v) is 6.37. The van der Waals surface area contributed by atoms with E-state index < -0.39 is 17.4 Å². The molecule has 1 aromatic carbocycles. The summed E-state index contributed by atoms with van der Waals surface area (Å²) in [5.74, 6) is -1.23. The molecule has 104 valence electrons. The molecule has 0 aliphatic carbocycles. The van der Waals surface area contributed by atoms with Crippen LogP contribution >= 0.6 is 0 Å². The standard InChI is InChI=1S/C15H21NO3/c1-15(2,3)13(14(18)19)16-12(17)10-9-11-7-5-4-6-8-11/h4-8,13H,9-10H2,1-3H3,(H,16,17)(H,18,19)/t13-/m1/s1. The van der Waals surface area contributed by atoms with Crippen molar-refractivity contribution in [3.8, 4) is 0 Å². The number of carboxylic acids is 1. The Morgan fingerprint density at radius 3 is 2.26 bits per heavy atom. The first-order valence-electron chi connectivity index (χ1n) is 6.37. The molecular weight excluding hydrogens is 242 g/mol. The summed E-state index contributed by atoms with van der Waals surface area (Å²) in [4.78, 5) is 22.9. The number of nitrogens with one attached hydrogen (secondary N) is 1. The van der Waals surface area contributed by atoms with Crippen molar-refractivity contribution >= 4 is 11.9 Å². The molecule has 0 aliphatic rings. The Morgan fingerprint density at radius 2 is 1.79 bits per heavy atom. The Hall–Kier alpha value is -1.84. The number of hydrogen-bond donors (Lipinski definition) is 2. The molecule has 0 saturated heterocycles. The van der Waals surface area contributed by atoms with Gasteiger partial charge < -0.3 is 10.4 Å². The number of aliphatic carboxylic acids is 1. The maximum atomic E-state index is 11.8. The topological polar surface area (TPSA) is 66.4 Å². The van der Waals surface area contributed by atoms with E-state index in [0.717, 1.165) is 5.56 Å². The molecule has 2 N–H and O–H groups in total. The molecular formula is C15H21NO3. The highest BCUT2D eigenvalue weighted by atomic mass is 16.4. The molecule has 0 aliphatic heterocycles. The van der Waals surface area contributed by atoms with Gasteiger partial charge in [-0.15, -0.1) is 0 Å². The van der Waals surface area contributed by atoms with Gasteiger partial charge in [-0.2, -0.15) is 0 Å². The summed E-state index contributed by atoms with van der Waals surface area (Å²) in [6.07, 6.45) is 0.910. The highest BCUT2D eigenvalue weighted by molar-refractivity contribution is 5.84. The van der Waals surface area contributed by atoms with Gasteiger partial charge in [0.05, 0.1) is 0 Å². The molecule has 0 spiro atoms. The molecule has 19 heavy (non-hydrogen) atoms. The predicted octanol–water partition coefficient (Wildman–Crippen LogP) is 2.23. The minimum atomic E-state index is -0.999. The fourth-order valence-corrected chi connectivity index (χ4v) is 1.78. The van der Waals surface area contributed by atoms with Gasteiger partial charge in [-0.05, 0) is 17.4 Å². The smallest absolute Gasteiger partial charge is 0.326 e. The summed E-state index contributed by atoms with van der Waals surface area (Å²) in [6.45, 7) is 5.38. The number of aryl methyl sites for hydroxylation is 1. The zero-order chi connectivity index (χ0) is 14.5. The normalized spacial score (nSPS) is 12.8. The largest absolute Gasteiger partial charge is 0.480 e. The van der Waals surface area contributed by atoms with E-state index in [1.165, 1.54) is 0 Å². The second kappa shape index (κ2) is 6.36. The number of hydrogen-bond acceptors (Lipinski definition) is 2. The van der Waals surface area contributed by atoms with Crippen molar-refractivity contribution in [3.63, 3.8) is 0 Å². The van der Waals surface area contributed by atoms with Gasteiger partial charge in [0.2, 0.25) is 5.91 Å². The summed E-state index contributed by atoms with van der Waals surface area (Å²) in [5, 5.41) is 11.7. The van der Waals surface area contributed by atoms with Gasteiger partial charge >= 0.3 is 5.97 Å². The lowest BCUT2D eigenvalue weighted by Gasteiger charge is -2.27. The molecule has 0 aromatic heterocycles. The van der Waals surface area contributed by atoms with E-state index in [0.29, 0.717) is 12.8 Å². The zero-order valence-corrected chi connectivity index (χ0v) is 11.6. The van der Waals surface area contributed by atoms with Crippen molar-refractivity contribution in [2.45, 2.75) is 39.7 Å². The number of carbonyl (C=O) groups is 2. The lowest BCUT2D eigenvalue weighted by molar-refractivity contribution is -0.144. The van der Waals surface area contributed by atoms with E-state index in [1.807, 2.05) is 30.3 Å². The lowest BCUT2D eigenvalue weighted by atomic mass is 9.86. The molecule has 4 nitrogen and oxygen atoms in total. The van der Waals surface area contributed by atoms with Gasteiger partial charge in [0.15, 0.2) is 0 Å². The van der Waals surface area contributed by atoms with Gasteiger partial charge in [0.1, 0.15) is 6.04 Å². The summed E-state index contributed by atoms with van der Waals surface area (Å²) >= 11 is 0. The second-order valence-corrected chi connectivity index (χ2v) is 5.69. The van der Waals surface area contributed by atoms with Crippen LogP contribution in [0.25, 0.3) is 0 Å². The summed E-state index contributed by atoms with van der Waals surface area (Å²) in [7, 11) is 0. The Balaban J connectivity index is 2.52. The molecule has 4 heteroatoms. The van der Waals surface area contributed by atoms with Crippen molar-refractivity contribution in [3.05, 3.63) is 35.9 Å². The Labute approximate surface area is 113 Å². The van der Waals surface area contributed by atoms with E-state index in [-0.39, 0.29) is 5.91 Å². The van der Waals surface area contributed by atoms with Crippen LogP contribution in [0.15, 0.2) is 30.3 Å². The molecule has 1 rings (SSSR count). The van der Waals surface area contributed by atoms with E-state index in [4.69, 9.17) is 5.11 Å². The molecule has 0 fully saturated rings. The molecule has 0 saturated carbocycles. The Kier molecular flexibility index (Phi) is 5.10. The first-order chi connectivity index (χ1) is 8.80. The molecule has 1 aromatic rings. The van der Waals surface area contributed by atoms with Crippen LogP contribution in [0.3, 0.4) is 0 Å². The Morgan fingerprint density at radius 1 is 1.21 bits per heavy atom. The highest BCUT2D eigenvalue weighted by Crippen LogP contribution is 2.19. The lowest BCUT2D eigenvalue weighted by Crippen LogP contribution is -2.49. The monoisotopic (exact) mass is 263 g/mol. The van der Waals surface area contributed by atoms with Crippen molar-refractivity contribution in [1.82, 2.24) is 5.32 Å². The van der Waals surface area contributed by atoms with Crippen LogP contribution in [0.4, 0.5) is 0 Å². The number of carboxylic acid groups (broad SMARTS) is 1. The van der Waals surface area contributed by atoms with Crippen LogP contribution in [-0.4, -0.2) is 23.0 Å². The highest BCUT2D eigenvalue weighted by Gasteiger charge is 2.32. The van der Waals surface area contributed by atoms with Gasteiger partial charge in [-0.3, -0.25) is 4.79 Å². The molecule has 1 amide bonds.